The molecule has 1 atom stereocenters. The lowest BCUT2D eigenvalue weighted by Gasteiger charge is -2.41. The molecular weight excluding hydrogens is 252 g/mol. The van der Waals surface area contributed by atoms with Crippen molar-refractivity contribution < 1.29 is 0 Å². The Morgan fingerprint density at radius 2 is 1.95 bits per heavy atom. The molecule has 1 aromatic heterocycles. The number of aromatic nitrogens is 1. The van der Waals surface area contributed by atoms with E-state index in [1.165, 1.54) is 47.7 Å². The third-order valence-corrected chi connectivity index (χ3v) is 5.83. The Kier molecular flexibility index (Phi) is 5.02. The fourth-order valence-electron chi connectivity index (χ4n) is 3.32. The number of likely N-dealkylation sites (N-methyl/N-ethyl adjacent to an activating group) is 1. The zero-order valence-electron chi connectivity index (χ0n) is 12.9. The summed E-state index contributed by atoms with van der Waals surface area (Å²) in [5.74, 6) is 0. The second kappa shape index (κ2) is 6.36. The van der Waals surface area contributed by atoms with Crippen molar-refractivity contribution in [2.75, 3.05) is 6.54 Å². The summed E-state index contributed by atoms with van der Waals surface area (Å²) in [6, 6.07) is 0.586. The molecule has 2 rings (SSSR count). The highest BCUT2D eigenvalue weighted by Crippen LogP contribution is 2.40. The third kappa shape index (κ3) is 3.57. The molecule has 3 heteroatoms. The van der Waals surface area contributed by atoms with Gasteiger partial charge >= 0.3 is 0 Å². The number of nitrogens with one attached hydrogen (secondary N) is 1. The van der Waals surface area contributed by atoms with Crippen LogP contribution in [0.1, 0.15) is 61.5 Å². The number of hydrogen-bond donors (Lipinski definition) is 1. The molecule has 1 aromatic rings. The Morgan fingerprint density at radius 3 is 2.47 bits per heavy atom. The first-order valence-corrected chi connectivity index (χ1v) is 8.53. The molecule has 0 saturated heterocycles. The van der Waals surface area contributed by atoms with Crippen molar-refractivity contribution in [1.82, 2.24) is 10.3 Å². The van der Waals surface area contributed by atoms with E-state index in [9.17, 15) is 0 Å². The molecule has 1 saturated carbocycles. The molecule has 19 heavy (non-hydrogen) atoms. The molecule has 2 nitrogen and oxygen atoms in total. The van der Waals surface area contributed by atoms with Gasteiger partial charge in [0.25, 0.3) is 0 Å². The Hall–Kier alpha value is -0.410. The van der Waals surface area contributed by atoms with E-state index in [4.69, 9.17) is 4.98 Å². The standard InChI is InChI=1S/C16H28N2S/c1-5-17-14(16(4)9-7-6-8-10-16)11-15-18-12(2)13(3)19-15/h14,17H,5-11H2,1-4H3. The third-order valence-electron chi connectivity index (χ3n) is 4.74. The molecule has 0 amide bonds. The molecule has 1 fully saturated rings. The number of hydrogen-bond acceptors (Lipinski definition) is 3. The van der Waals surface area contributed by atoms with Gasteiger partial charge in [-0.3, -0.25) is 0 Å². The number of thiazole rings is 1. The molecule has 0 spiro atoms. The first kappa shape index (κ1) is 15.0. The van der Waals surface area contributed by atoms with Gasteiger partial charge < -0.3 is 5.32 Å². The van der Waals surface area contributed by atoms with Gasteiger partial charge in [0, 0.05) is 17.3 Å². The Balaban J connectivity index is 2.10. The number of aryl methyl sites for hydroxylation is 2. The molecule has 1 aliphatic rings. The van der Waals surface area contributed by atoms with Gasteiger partial charge in [0.1, 0.15) is 0 Å². The summed E-state index contributed by atoms with van der Waals surface area (Å²) < 4.78 is 0. The first-order valence-electron chi connectivity index (χ1n) is 7.71. The largest absolute Gasteiger partial charge is 0.313 e. The lowest BCUT2D eigenvalue weighted by Crippen LogP contribution is -2.46. The Bertz CT molecular complexity index is 385. The molecule has 108 valence electrons. The minimum absolute atomic E-state index is 0.460. The van der Waals surface area contributed by atoms with Crippen LogP contribution in [0.4, 0.5) is 0 Å². The normalized spacial score (nSPS) is 20.4. The summed E-state index contributed by atoms with van der Waals surface area (Å²) >= 11 is 1.88. The van der Waals surface area contributed by atoms with Crippen molar-refractivity contribution in [2.24, 2.45) is 5.41 Å². The van der Waals surface area contributed by atoms with Gasteiger partial charge in [-0.2, -0.15) is 0 Å². The van der Waals surface area contributed by atoms with Crippen LogP contribution in [0, 0.1) is 19.3 Å². The lowest BCUT2D eigenvalue weighted by atomic mass is 9.69. The second-order valence-corrected chi connectivity index (χ2v) is 7.57. The predicted octanol–water partition coefficient (Wildman–Crippen LogP) is 4.25. The highest BCUT2D eigenvalue weighted by Gasteiger charge is 2.35. The summed E-state index contributed by atoms with van der Waals surface area (Å²) in [7, 11) is 0. The van der Waals surface area contributed by atoms with Gasteiger partial charge in [0.15, 0.2) is 0 Å². The van der Waals surface area contributed by atoms with Gasteiger partial charge in [-0.1, -0.05) is 33.1 Å². The van der Waals surface area contributed by atoms with Crippen LogP contribution in [0.15, 0.2) is 0 Å². The smallest absolute Gasteiger partial charge is 0.0946 e. The van der Waals surface area contributed by atoms with Crippen LogP contribution in [-0.4, -0.2) is 17.6 Å². The van der Waals surface area contributed by atoms with Crippen molar-refractivity contribution in [2.45, 2.75) is 72.3 Å². The summed E-state index contributed by atoms with van der Waals surface area (Å²) in [4.78, 5) is 6.11. The molecular formula is C16H28N2S. The van der Waals surface area contributed by atoms with Crippen LogP contribution in [0.5, 0.6) is 0 Å². The van der Waals surface area contributed by atoms with Crippen molar-refractivity contribution in [3.63, 3.8) is 0 Å². The van der Waals surface area contributed by atoms with E-state index in [-0.39, 0.29) is 0 Å². The minimum atomic E-state index is 0.460. The van der Waals surface area contributed by atoms with Crippen molar-refractivity contribution in [3.05, 3.63) is 15.6 Å². The van der Waals surface area contributed by atoms with Gasteiger partial charge in [-0.25, -0.2) is 4.98 Å². The lowest BCUT2D eigenvalue weighted by molar-refractivity contribution is 0.144. The molecule has 1 N–H and O–H groups in total. The zero-order chi connectivity index (χ0) is 13.9. The van der Waals surface area contributed by atoms with E-state index in [0.717, 1.165) is 13.0 Å². The molecule has 0 aliphatic heterocycles. The van der Waals surface area contributed by atoms with E-state index >= 15 is 0 Å². The maximum atomic E-state index is 4.74. The molecule has 0 bridgehead atoms. The van der Waals surface area contributed by atoms with Crippen LogP contribution in [0.2, 0.25) is 0 Å². The summed E-state index contributed by atoms with van der Waals surface area (Å²) in [5, 5.41) is 5.05. The maximum absolute atomic E-state index is 4.74. The van der Waals surface area contributed by atoms with Gasteiger partial charge in [-0.05, 0) is 38.6 Å². The minimum Gasteiger partial charge on any atom is -0.313 e. The van der Waals surface area contributed by atoms with E-state index in [1.54, 1.807) is 0 Å². The fraction of sp³-hybridized carbons (Fsp3) is 0.812. The van der Waals surface area contributed by atoms with Crippen LogP contribution in [-0.2, 0) is 6.42 Å². The van der Waals surface area contributed by atoms with Gasteiger partial charge in [0.05, 0.1) is 10.7 Å². The molecule has 1 heterocycles. The summed E-state index contributed by atoms with van der Waals surface area (Å²) in [6.07, 6.45) is 8.05. The number of rotatable bonds is 5. The summed E-state index contributed by atoms with van der Waals surface area (Å²) in [5.41, 5.74) is 1.67. The Morgan fingerprint density at radius 1 is 1.26 bits per heavy atom. The van der Waals surface area contributed by atoms with Crippen molar-refractivity contribution >= 4 is 11.3 Å². The van der Waals surface area contributed by atoms with Crippen LogP contribution < -0.4 is 5.32 Å². The highest BCUT2D eigenvalue weighted by atomic mass is 32.1. The van der Waals surface area contributed by atoms with Crippen molar-refractivity contribution in [1.29, 1.82) is 0 Å². The molecule has 0 radical (unpaired) electrons. The monoisotopic (exact) mass is 280 g/mol. The van der Waals surface area contributed by atoms with E-state index < -0.39 is 0 Å². The molecule has 1 unspecified atom stereocenters. The van der Waals surface area contributed by atoms with Crippen molar-refractivity contribution in [3.8, 4) is 0 Å². The average molecular weight is 280 g/mol. The van der Waals surface area contributed by atoms with E-state index in [1.807, 2.05) is 11.3 Å². The maximum Gasteiger partial charge on any atom is 0.0946 e. The second-order valence-electron chi connectivity index (χ2n) is 6.28. The summed E-state index contributed by atoms with van der Waals surface area (Å²) in [6.45, 7) is 10.1. The highest BCUT2D eigenvalue weighted by molar-refractivity contribution is 7.11. The van der Waals surface area contributed by atoms with Gasteiger partial charge in [0.2, 0.25) is 0 Å². The van der Waals surface area contributed by atoms with Crippen LogP contribution in [0.25, 0.3) is 0 Å². The fourth-order valence-corrected chi connectivity index (χ4v) is 4.30. The van der Waals surface area contributed by atoms with E-state index in [0.29, 0.717) is 11.5 Å². The van der Waals surface area contributed by atoms with Crippen LogP contribution in [0.3, 0.4) is 0 Å². The zero-order valence-corrected chi connectivity index (χ0v) is 13.7. The predicted molar refractivity (Wildman–Crippen MR) is 83.9 cm³/mol. The van der Waals surface area contributed by atoms with Gasteiger partial charge in [-0.15, -0.1) is 11.3 Å². The molecule has 0 aromatic carbocycles. The number of nitrogens with zero attached hydrogens (tertiary/aromatic N) is 1. The SMILES string of the molecule is CCNC(Cc1nc(C)c(C)s1)C1(C)CCCCC1. The Labute approximate surface area is 122 Å². The van der Waals surface area contributed by atoms with E-state index in [2.05, 4.69) is 33.0 Å². The first-order chi connectivity index (χ1) is 9.05. The van der Waals surface area contributed by atoms with Crippen LogP contribution >= 0.6 is 11.3 Å². The topological polar surface area (TPSA) is 24.9 Å². The molecule has 1 aliphatic carbocycles. The quantitative estimate of drug-likeness (QED) is 0.872. The average Bonchev–Trinajstić information content (AvgIpc) is 2.69.